The zero-order chi connectivity index (χ0) is 13.0. The third kappa shape index (κ3) is 3.25. The van der Waals surface area contributed by atoms with Crippen LogP contribution in [-0.4, -0.2) is 23.6 Å². The molecule has 1 fully saturated rings. The second kappa shape index (κ2) is 6.23. The summed E-state index contributed by atoms with van der Waals surface area (Å²) in [4.78, 5) is 6.91. The van der Waals surface area contributed by atoms with E-state index in [0.717, 1.165) is 24.8 Å². The number of hydrogen-bond donors (Lipinski definition) is 1. The Morgan fingerprint density at radius 1 is 1.44 bits per heavy atom. The third-order valence-corrected chi connectivity index (χ3v) is 3.58. The molecule has 0 unspecified atom stereocenters. The van der Waals surface area contributed by atoms with Crippen molar-refractivity contribution in [1.29, 1.82) is 0 Å². The lowest BCUT2D eigenvalue weighted by atomic mass is 10.2. The van der Waals surface area contributed by atoms with Crippen LogP contribution >= 0.6 is 0 Å². The van der Waals surface area contributed by atoms with Gasteiger partial charge >= 0.3 is 0 Å². The molecule has 0 aliphatic heterocycles. The fraction of sp³-hybridized carbons (Fsp3) is 0.786. The van der Waals surface area contributed by atoms with Gasteiger partial charge in [0.15, 0.2) is 0 Å². The van der Waals surface area contributed by atoms with E-state index in [1.807, 2.05) is 0 Å². The Balaban J connectivity index is 1.98. The summed E-state index contributed by atoms with van der Waals surface area (Å²) < 4.78 is 5.64. The van der Waals surface area contributed by atoms with E-state index in [1.165, 1.54) is 25.7 Å². The number of anilines is 1. The predicted octanol–water partition coefficient (Wildman–Crippen LogP) is 2.94. The van der Waals surface area contributed by atoms with E-state index in [4.69, 9.17) is 4.42 Å². The summed E-state index contributed by atoms with van der Waals surface area (Å²) in [7, 11) is 0. The first-order valence-electron chi connectivity index (χ1n) is 7.15. The molecule has 0 bridgehead atoms. The normalized spacial score (nSPS) is 16.7. The fourth-order valence-electron chi connectivity index (χ4n) is 2.58. The second-order valence-electron chi connectivity index (χ2n) is 5.38. The van der Waals surface area contributed by atoms with Crippen molar-refractivity contribution in [3.63, 3.8) is 0 Å². The minimum absolute atomic E-state index is 0.474. The van der Waals surface area contributed by atoms with Gasteiger partial charge in [0.1, 0.15) is 6.26 Å². The van der Waals surface area contributed by atoms with Crippen LogP contribution in [0.1, 0.15) is 52.1 Å². The highest BCUT2D eigenvalue weighted by atomic mass is 16.4. The molecular formula is C14H25N3O. The molecule has 4 heteroatoms. The largest absolute Gasteiger partial charge is 0.432 e. The van der Waals surface area contributed by atoms with E-state index >= 15 is 0 Å². The maximum absolute atomic E-state index is 5.64. The third-order valence-electron chi connectivity index (χ3n) is 3.58. The van der Waals surface area contributed by atoms with Gasteiger partial charge in [0.05, 0.1) is 5.69 Å². The number of nitrogens with one attached hydrogen (secondary N) is 1. The summed E-state index contributed by atoms with van der Waals surface area (Å²) in [5.74, 6) is 0. The number of oxazole rings is 1. The maximum atomic E-state index is 5.64. The zero-order valence-electron chi connectivity index (χ0n) is 11.8. The summed E-state index contributed by atoms with van der Waals surface area (Å²) >= 11 is 0. The average molecular weight is 251 g/mol. The van der Waals surface area contributed by atoms with Gasteiger partial charge in [-0.1, -0.05) is 26.7 Å². The van der Waals surface area contributed by atoms with Crippen LogP contribution in [0, 0.1) is 0 Å². The fourth-order valence-corrected chi connectivity index (χ4v) is 2.58. The van der Waals surface area contributed by atoms with Crippen LogP contribution in [0.25, 0.3) is 0 Å². The van der Waals surface area contributed by atoms with Gasteiger partial charge in [-0.2, -0.15) is 4.98 Å². The highest BCUT2D eigenvalue weighted by Crippen LogP contribution is 2.27. The lowest BCUT2D eigenvalue weighted by Gasteiger charge is -2.25. The van der Waals surface area contributed by atoms with Gasteiger partial charge in [-0.3, -0.25) is 0 Å². The van der Waals surface area contributed by atoms with Crippen molar-refractivity contribution in [2.75, 3.05) is 11.4 Å². The molecule has 1 aromatic rings. The lowest BCUT2D eigenvalue weighted by molar-refractivity contribution is 0.497. The summed E-state index contributed by atoms with van der Waals surface area (Å²) in [5.41, 5.74) is 0.996. The molecule has 0 aromatic carbocycles. The van der Waals surface area contributed by atoms with Crippen molar-refractivity contribution in [3.8, 4) is 0 Å². The van der Waals surface area contributed by atoms with Crippen LogP contribution in [0.4, 0.5) is 6.01 Å². The Labute approximate surface area is 110 Å². The van der Waals surface area contributed by atoms with Crippen LogP contribution in [0.2, 0.25) is 0 Å². The first-order chi connectivity index (χ1) is 8.70. The first-order valence-corrected chi connectivity index (χ1v) is 7.15. The first kappa shape index (κ1) is 13.4. The molecule has 2 rings (SSSR count). The lowest BCUT2D eigenvalue weighted by Crippen LogP contribution is -2.33. The second-order valence-corrected chi connectivity index (χ2v) is 5.38. The molecule has 1 heterocycles. The SMILES string of the molecule is CCN(c1nc(CNC(C)C)co1)C1CCCC1. The zero-order valence-corrected chi connectivity index (χ0v) is 11.8. The molecular weight excluding hydrogens is 226 g/mol. The Kier molecular flexibility index (Phi) is 4.64. The van der Waals surface area contributed by atoms with Crippen molar-refractivity contribution in [3.05, 3.63) is 12.0 Å². The van der Waals surface area contributed by atoms with Gasteiger partial charge in [-0.15, -0.1) is 0 Å². The van der Waals surface area contributed by atoms with E-state index in [1.54, 1.807) is 6.26 Å². The van der Waals surface area contributed by atoms with Gasteiger partial charge in [0, 0.05) is 25.2 Å². The van der Waals surface area contributed by atoms with Crippen LogP contribution < -0.4 is 10.2 Å². The summed E-state index contributed by atoms with van der Waals surface area (Å²) in [6.45, 7) is 8.20. The number of rotatable bonds is 6. The van der Waals surface area contributed by atoms with Crippen LogP contribution in [0.15, 0.2) is 10.7 Å². The van der Waals surface area contributed by atoms with Crippen molar-refractivity contribution < 1.29 is 4.42 Å². The van der Waals surface area contributed by atoms with E-state index in [0.29, 0.717) is 12.1 Å². The van der Waals surface area contributed by atoms with Crippen molar-refractivity contribution >= 4 is 6.01 Å². The standard InChI is InChI=1S/C14H25N3O/c1-4-17(13-7-5-6-8-13)14-16-12(10-18-14)9-15-11(2)3/h10-11,13,15H,4-9H2,1-3H3. The molecule has 102 valence electrons. The van der Waals surface area contributed by atoms with Crippen LogP contribution in [0.5, 0.6) is 0 Å². The quantitative estimate of drug-likeness (QED) is 0.844. The number of aromatic nitrogens is 1. The van der Waals surface area contributed by atoms with Crippen LogP contribution in [0.3, 0.4) is 0 Å². The monoisotopic (exact) mass is 251 g/mol. The van der Waals surface area contributed by atoms with Crippen molar-refractivity contribution in [2.45, 2.75) is 65.1 Å². The van der Waals surface area contributed by atoms with Gasteiger partial charge in [0.2, 0.25) is 0 Å². The molecule has 1 N–H and O–H groups in total. The minimum atomic E-state index is 0.474. The van der Waals surface area contributed by atoms with Gasteiger partial charge in [0.25, 0.3) is 6.01 Å². The smallest absolute Gasteiger partial charge is 0.297 e. The van der Waals surface area contributed by atoms with E-state index < -0.39 is 0 Å². The predicted molar refractivity (Wildman–Crippen MR) is 73.8 cm³/mol. The average Bonchev–Trinajstić information content (AvgIpc) is 2.99. The van der Waals surface area contributed by atoms with E-state index in [9.17, 15) is 0 Å². The maximum Gasteiger partial charge on any atom is 0.297 e. The molecule has 1 aliphatic carbocycles. The van der Waals surface area contributed by atoms with Gasteiger partial charge in [-0.05, 0) is 19.8 Å². The number of nitrogens with zero attached hydrogens (tertiary/aromatic N) is 2. The molecule has 1 aromatic heterocycles. The molecule has 0 atom stereocenters. The van der Waals surface area contributed by atoms with E-state index in [-0.39, 0.29) is 0 Å². The molecule has 1 saturated carbocycles. The van der Waals surface area contributed by atoms with Crippen molar-refractivity contribution in [1.82, 2.24) is 10.3 Å². The Morgan fingerprint density at radius 3 is 2.78 bits per heavy atom. The molecule has 0 saturated heterocycles. The van der Waals surface area contributed by atoms with Crippen molar-refractivity contribution in [2.24, 2.45) is 0 Å². The molecule has 0 radical (unpaired) electrons. The minimum Gasteiger partial charge on any atom is -0.432 e. The summed E-state index contributed by atoms with van der Waals surface area (Å²) in [6, 6.07) is 1.90. The van der Waals surface area contributed by atoms with Crippen LogP contribution in [-0.2, 0) is 6.54 Å². The summed E-state index contributed by atoms with van der Waals surface area (Å²) in [5, 5.41) is 3.36. The highest BCUT2D eigenvalue weighted by molar-refractivity contribution is 5.29. The summed E-state index contributed by atoms with van der Waals surface area (Å²) in [6.07, 6.45) is 7.00. The molecule has 1 aliphatic rings. The van der Waals surface area contributed by atoms with E-state index in [2.05, 4.69) is 36.0 Å². The molecule has 4 nitrogen and oxygen atoms in total. The topological polar surface area (TPSA) is 41.3 Å². The molecule has 18 heavy (non-hydrogen) atoms. The Morgan fingerprint density at radius 2 is 2.17 bits per heavy atom. The Hall–Kier alpha value is -1.03. The molecule has 0 spiro atoms. The Bertz CT molecular complexity index is 356. The molecule has 0 amide bonds. The van der Waals surface area contributed by atoms with Gasteiger partial charge in [-0.25, -0.2) is 0 Å². The number of hydrogen-bond acceptors (Lipinski definition) is 4. The highest BCUT2D eigenvalue weighted by Gasteiger charge is 2.24. The van der Waals surface area contributed by atoms with Gasteiger partial charge < -0.3 is 14.6 Å².